The highest BCUT2D eigenvalue weighted by molar-refractivity contribution is 7.99. The Morgan fingerprint density at radius 3 is 2.62 bits per heavy atom. The number of thioether (sulfide) groups is 1. The van der Waals surface area contributed by atoms with Gasteiger partial charge in [0.2, 0.25) is 0 Å². The molecule has 3 heteroatoms. The summed E-state index contributed by atoms with van der Waals surface area (Å²) in [6, 6.07) is 7.35. The molecule has 1 aliphatic heterocycles. The van der Waals surface area contributed by atoms with Crippen LogP contribution < -0.4 is 5.32 Å². The van der Waals surface area contributed by atoms with Crippen molar-refractivity contribution in [3.8, 4) is 0 Å². The zero-order valence-corrected chi connectivity index (χ0v) is 8.11. The number of hydrogen-bond acceptors (Lipinski definition) is 2. The van der Waals surface area contributed by atoms with E-state index in [1.54, 1.807) is 11.8 Å². The largest absolute Gasteiger partial charge is 0.313 e. The van der Waals surface area contributed by atoms with Gasteiger partial charge in [0.15, 0.2) is 0 Å². The summed E-state index contributed by atoms with van der Waals surface area (Å²) < 4.78 is 12.5. The van der Waals surface area contributed by atoms with E-state index in [1.807, 2.05) is 12.1 Å². The van der Waals surface area contributed by atoms with Crippen LogP contribution in [0.3, 0.4) is 0 Å². The van der Waals surface area contributed by atoms with Gasteiger partial charge in [-0.1, -0.05) is 0 Å². The van der Waals surface area contributed by atoms with Gasteiger partial charge < -0.3 is 5.32 Å². The SMILES string of the molecule is Fc1ccc(SCC2CCN2)cc1. The highest BCUT2D eigenvalue weighted by atomic mass is 32.2. The van der Waals surface area contributed by atoms with Crippen molar-refractivity contribution in [1.82, 2.24) is 5.32 Å². The molecule has 1 fully saturated rings. The van der Waals surface area contributed by atoms with E-state index in [2.05, 4.69) is 5.32 Å². The van der Waals surface area contributed by atoms with Crippen molar-refractivity contribution in [2.24, 2.45) is 0 Å². The van der Waals surface area contributed by atoms with Gasteiger partial charge >= 0.3 is 0 Å². The number of rotatable bonds is 3. The van der Waals surface area contributed by atoms with Gasteiger partial charge in [-0.3, -0.25) is 0 Å². The maximum Gasteiger partial charge on any atom is 0.123 e. The molecular formula is C10H12FNS. The van der Waals surface area contributed by atoms with Crippen molar-refractivity contribution < 1.29 is 4.39 Å². The maximum absolute atomic E-state index is 12.5. The van der Waals surface area contributed by atoms with Crippen molar-refractivity contribution in [1.29, 1.82) is 0 Å². The van der Waals surface area contributed by atoms with Crippen molar-refractivity contribution in [2.45, 2.75) is 17.4 Å². The molecule has 0 spiro atoms. The van der Waals surface area contributed by atoms with Crippen LogP contribution in [0.25, 0.3) is 0 Å². The molecule has 0 amide bonds. The van der Waals surface area contributed by atoms with Gasteiger partial charge in [0.05, 0.1) is 0 Å². The smallest absolute Gasteiger partial charge is 0.123 e. The van der Waals surface area contributed by atoms with Crippen LogP contribution >= 0.6 is 11.8 Å². The number of hydrogen-bond donors (Lipinski definition) is 1. The van der Waals surface area contributed by atoms with E-state index in [-0.39, 0.29) is 5.82 Å². The third kappa shape index (κ3) is 2.45. The quantitative estimate of drug-likeness (QED) is 0.746. The maximum atomic E-state index is 12.5. The summed E-state index contributed by atoms with van der Waals surface area (Å²) >= 11 is 1.78. The number of halogens is 1. The van der Waals surface area contributed by atoms with Crippen LogP contribution in [0, 0.1) is 5.82 Å². The van der Waals surface area contributed by atoms with E-state index in [4.69, 9.17) is 0 Å². The molecule has 70 valence electrons. The molecular weight excluding hydrogens is 185 g/mol. The number of nitrogens with one attached hydrogen (secondary N) is 1. The van der Waals surface area contributed by atoms with Crippen LogP contribution in [-0.2, 0) is 0 Å². The van der Waals surface area contributed by atoms with Crippen LogP contribution in [0.2, 0.25) is 0 Å². The normalized spacial score (nSPS) is 21.2. The summed E-state index contributed by atoms with van der Waals surface area (Å²) in [5.74, 6) is 0.928. The fraction of sp³-hybridized carbons (Fsp3) is 0.400. The summed E-state index contributed by atoms with van der Waals surface area (Å²) in [6.07, 6.45) is 1.27. The minimum Gasteiger partial charge on any atom is -0.313 e. The van der Waals surface area contributed by atoms with Gasteiger partial charge in [0.25, 0.3) is 0 Å². The first kappa shape index (κ1) is 9.03. The minimum atomic E-state index is -0.161. The first-order valence-corrected chi connectivity index (χ1v) is 5.45. The van der Waals surface area contributed by atoms with Crippen LogP contribution in [0.5, 0.6) is 0 Å². The van der Waals surface area contributed by atoms with Gasteiger partial charge in [0, 0.05) is 16.7 Å². The molecule has 1 aliphatic rings. The van der Waals surface area contributed by atoms with Crippen molar-refractivity contribution in [2.75, 3.05) is 12.3 Å². The summed E-state index contributed by atoms with van der Waals surface area (Å²) in [5.41, 5.74) is 0. The first-order valence-electron chi connectivity index (χ1n) is 4.46. The Bertz CT molecular complexity index is 269. The fourth-order valence-electron chi connectivity index (χ4n) is 1.22. The third-order valence-corrected chi connectivity index (χ3v) is 3.37. The van der Waals surface area contributed by atoms with E-state index >= 15 is 0 Å². The van der Waals surface area contributed by atoms with Crippen LogP contribution in [-0.4, -0.2) is 18.3 Å². The van der Waals surface area contributed by atoms with Gasteiger partial charge in [-0.15, -0.1) is 11.8 Å². The van der Waals surface area contributed by atoms with Gasteiger partial charge in [0.1, 0.15) is 5.82 Å². The van der Waals surface area contributed by atoms with Crippen molar-refractivity contribution in [3.05, 3.63) is 30.1 Å². The lowest BCUT2D eigenvalue weighted by molar-refractivity contribution is 0.405. The topological polar surface area (TPSA) is 12.0 Å². The average Bonchev–Trinajstić information content (AvgIpc) is 2.05. The summed E-state index contributed by atoms with van der Waals surface area (Å²) in [4.78, 5) is 1.15. The molecule has 1 aromatic rings. The first-order chi connectivity index (χ1) is 6.34. The fourth-order valence-corrected chi connectivity index (χ4v) is 2.23. The molecule has 1 aromatic carbocycles. The zero-order valence-electron chi connectivity index (χ0n) is 7.29. The second kappa shape index (κ2) is 4.11. The minimum absolute atomic E-state index is 0.161. The van der Waals surface area contributed by atoms with E-state index in [9.17, 15) is 4.39 Å². The predicted octanol–water partition coefficient (Wildman–Crippen LogP) is 2.28. The molecule has 13 heavy (non-hydrogen) atoms. The number of benzene rings is 1. The van der Waals surface area contributed by atoms with E-state index < -0.39 is 0 Å². The molecule has 0 radical (unpaired) electrons. The van der Waals surface area contributed by atoms with Gasteiger partial charge in [-0.05, 0) is 37.2 Å². The molecule has 0 bridgehead atoms. The molecule has 2 rings (SSSR count). The molecule has 0 aliphatic carbocycles. The third-order valence-electron chi connectivity index (χ3n) is 2.19. The van der Waals surface area contributed by atoms with Gasteiger partial charge in [-0.25, -0.2) is 4.39 Å². The van der Waals surface area contributed by atoms with Crippen LogP contribution in [0.4, 0.5) is 4.39 Å². The molecule has 0 aromatic heterocycles. The second-order valence-corrected chi connectivity index (χ2v) is 4.30. The summed E-state index contributed by atoms with van der Waals surface area (Å²) in [5, 5.41) is 3.33. The Morgan fingerprint density at radius 1 is 1.38 bits per heavy atom. The lowest BCUT2D eigenvalue weighted by Crippen LogP contribution is -2.44. The lowest BCUT2D eigenvalue weighted by atomic mass is 10.1. The highest BCUT2D eigenvalue weighted by Gasteiger charge is 2.15. The molecule has 1 atom stereocenters. The second-order valence-electron chi connectivity index (χ2n) is 3.20. The monoisotopic (exact) mass is 197 g/mol. The Balaban J connectivity index is 1.83. The summed E-state index contributed by atoms with van der Waals surface area (Å²) in [7, 11) is 0. The zero-order chi connectivity index (χ0) is 9.10. The molecule has 1 heterocycles. The predicted molar refractivity (Wildman–Crippen MR) is 53.5 cm³/mol. The standard InChI is InChI=1S/C10H12FNS/c11-8-1-3-10(4-2-8)13-7-9-5-6-12-9/h1-4,9,12H,5-7H2. The van der Waals surface area contributed by atoms with Crippen LogP contribution in [0.1, 0.15) is 6.42 Å². The Morgan fingerprint density at radius 2 is 2.08 bits per heavy atom. The van der Waals surface area contributed by atoms with Crippen LogP contribution in [0.15, 0.2) is 29.2 Å². The summed E-state index contributed by atoms with van der Waals surface area (Å²) in [6.45, 7) is 1.15. The average molecular weight is 197 g/mol. The Labute approximate surface area is 81.7 Å². The van der Waals surface area contributed by atoms with Gasteiger partial charge in [-0.2, -0.15) is 0 Å². The molecule has 1 saturated heterocycles. The molecule has 1 N–H and O–H groups in total. The Hall–Kier alpha value is -0.540. The molecule has 1 unspecified atom stereocenters. The van der Waals surface area contributed by atoms with Crippen molar-refractivity contribution in [3.63, 3.8) is 0 Å². The lowest BCUT2D eigenvalue weighted by Gasteiger charge is -2.26. The van der Waals surface area contributed by atoms with E-state index in [0.29, 0.717) is 6.04 Å². The molecule has 0 saturated carbocycles. The van der Waals surface area contributed by atoms with E-state index in [0.717, 1.165) is 17.2 Å². The Kier molecular flexibility index (Phi) is 2.86. The van der Waals surface area contributed by atoms with E-state index in [1.165, 1.54) is 18.6 Å². The molecule has 1 nitrogen and oxygen atoms in total. The highest BCUT2D eigenvalue weighted by Crippen LogP contribution is 2.21. The van der Waals surface area contributed by atoms with Crippen molar-refractivity contribution >= 4 is 11.8 Å².